The van der Waals surface area contributed by atoms with Crippen LogP contribution in [0.4, 0.5) is 5.82 Å². The van der Waals surface area contributed by atoms with Crippen molar-refractivity contribution in [2.45, 2.75) is 51.0 Å². The molecule has 5 N–H and O–H groups in total. The number of rotatable bonds is 4. The summed E-state index contributed by atoms with van der Waals surface area (Å²) < 4.78 is 12.5. The molecule has 2 aromatic heterocycles. The molecule has 10 heteroatoms. The van der Waals surface area contributed by atoms with Gasteiger partial charge in [-0.05, 0) is 12.1 Å². The molecule has 1 saturated heterocycles. The minimum absolute atomic E-state index is 0.200. The van der Waals surface area contributed by atoms with Gasteiger partial charge in [-0.15, -0.1) is 0 Å². The summed E-state index contributed by atoms with van der Waals surface area (Å²) in [6.07, 6.45) is -3.88. The second-order valence-electron chi connectivity index (χ2n) is 7.65. The van der Waals surface area contributed by atoms with E-state index >= 15 is 0 Å². The van der Waals surface area contributed by atoms with Crippen molar-refractivity contribution in [2.24, 2.45) is 5.41 Å². The fraction of sp³-hybridized carbons (Fsp3) is 0.588. The second kappa shape index (κ2) is 6.70. The van der Waals surface area contributed by atoms with Gasteiger partial charge in [0.15, 0.2) is 12.1 Å². The Morgan fingerprint density at radius 2 is 2.15 bits per heavy atom. The number of fused-ring (bicyclic) bond motifs is 1. The number of hydrogen-bond acceptors (Lipinski definition) is 9. The normalized spacial score (nSPS) is 29.7. The molecular weight excluding hydrogens is 354 g/mol. The molecule has 0 radical (unpaired) electrons. The molecule has 0 saturated carbocycles. The van der Waals surface area contributed by atoms with Crippen molar-refractivity contribution in [3.63, 3.8) is 0 Å². The van der Waals surface area contributed by atoms with Crippen LogP contribution in [0.25, 0.3) is 5.52 Å². The van der Waals surface area contributed by atoms with E-state index < -0.39 is 35.6 Å². The lowest BCUT2D eigenvalue weighted by molar-refractivity contribution is -0.186. The third-order valence-electron chi connectivity index (χ3n) is 4.65. The van der Waals surface area contributed by atoms with Gasteiger partial charge in [0.25, 0.3) is 0 Å². The first-order valence-corrected chi connectivity index (χ1v) is 8.45. The lowest BCUT2D eigenvalue weighted by Gasteiger charge is -2.27. The molecule has 146 valence electrons. The summed E-state index contributed by atoms with van der Waals surface area (Å²) in [5, 5.41) is 44.9. The van der Waals surface area contributed by atoms with Crippen molar-refractivity contribution >= 4 is 11.3 Å². The molecule has 1 fully saturated rings. The summed E-state index contributed by atoms with van der Waals surface area (Å²) in [6, 6.07) is 5.08. The number of ether oxygens (including phenoxy) is 2. The van der Waals surface area contributed by atoms with E-state index in [1.54, 1.807) is 26.8 Å². The molecular formula is C17H23N5O5. The van der Waals surface area contributed by atoms with Gasteiger partial charge in [0.1, 0.15) is 36.2 Å². The maximum atomic E-state index is 10.6. The zero-order chi connectivity index (χ0) is 20.0. The van der Waals surface area contributed by atoms with Gasteiger partial charge in [-0.2, -0.15) is 10.4 Å². The molecule has 0 amide bonds. The Balaban J connectivity index is 1.92. The van der Waals surface area contributed by atoms with Gasteiger partial charge in [0, 0.05) is 5.41 Å². The van der Waals surface area contributed by atoms with E-state index in [1.165, 1.54) is 16.9 Å². The van der Waals surface area contributed by atoms with Gasteiger partial charge in [-0.25, -0.2) is 9.50 Å². The Hall–Kier alpha value is -2.29. The third-order valence-corrected chi connectivity index (χ3v) is 4.65. The highest BCUT2D eigenvalue weighted by Crippen LogP contribution is 2.40. The zero-order valence-corrected chi connectivity index (χ0v) is 15.3. The van der Waals surface area contributed by atoms with Gasteiger partial charge < -0.3 is 30.5 Å². The maximum Gasteiger partial charge on any atom is 0.225 e. The summed E-state index contributed by atoms with van der Waals surface area (Å²) in [4.78, 5) is 3.88. The Morgan fingerprint density at radius 3 is 2.78 bits per heavy atom. The number of nitriles is 1. The van der Waals surface area contributed by atoms with E-state index in [1.807, 2.05) is 6.07 Å². The van der Waals surface area contributed by atoms with E-state index in [0.29, 0.717) is 5.52 Å². The van der Waals surface area contributed by atoms with Gasteiger partial charge in [0.05, 0.1) is 12.3 Å². The average molecular weight is 377 g/mol. The van der Waals surface area contributed by atoms with Crippen LogP contribution in [0.1, 0.15) is 26.5 Å². The van der Waals surface area contributed by atoms with Crippen LogP contribution in [0.3, 0.4) is 0 Å². The first-order valence-electron chi connectivity index (χ1n) is 8.45. The van der Waals surface area contributed by atoms with Crippen molar-refractivity contribution in [3.05, 3.63) is 24.2 Å². The molecule has 1 aliphatic heterocycles. The SMILES string of the molecule is CC(C)(C)C(O)OC[C@H]1O[C@@](C#N)(c2ccc3c(N)ncnn23)[C@H](O)[C@@H]1O. The number of nitrogens with two attached hydrogens (primary N) is 1. The fourth-order valence-corrected chi connectivity index (χ4v) is 2.99. The highest BCUT2D eigenvalue weighted by molar-refractivity contribution is 5.66. The van der Waals surface area contributed by atoms with Crippen molar-refractivity contribution in [2.75, 3.05) is 12.3 Å². The smallest absolute Gasteiger partial charge is 0.225 e. The van der Waals surface area contributed by atoms with Gasteiger partial charge >= 0.3 is 0 Å². The summed E-state index contributed by atoms with van der Waals surface area (Å²) in [6.45, 7) is 5.15. The van der Waals surface area contributed by atoms with Crippen LogP contribution in [0.5, 0.6) is 0 Å². The van der Waals surface area contributed by atoms with Crippen LogP contribution in [0, 0.1) is 16.7 Å². The largest absolute Gasteiger partial charge is 0.387 e. The first-order chi connectivity index (χ1) is 12.6. The maximum absolute atomic E-state index is 10.6. The van der Waals surface area contributed by atoms with E-state index in [-0.39, 0.29) is 18.1 Å². The van der Waals surface area contributed by atoms with E-state index in [2.05, 4.69) is 10.1 Å². The summed E-state index contributed by atoms with van der Waals surface area (Å²) in [5.74, 6) is 0.200. The summed E-state index contributed by atoms with van der Waals surface area (Å²) in [5.41, 5.74) is 4.03. The van der Waals surface area contributed by atoms with Crippen LogP contribution in [0.15, 0.2) is 18.5 Å². The molecule has 0 aliphatic carbocycles. The summed E-state index contributed by atoms with van der Waals surface area (Å²) in [7, 11) is 0. The van der Waals surface area contributed by atoms with Crippen LogP contribution in [0.2, 0.25) is 0 Å². The molecule has 5 atom stereocenters. The topological polar surface area (TPSA) is 159 Å². The number of hydrogen-bond donors (Lipinski definition) is 4. The number of nitrogen functional groups attached to an aromatic ring is 1. The molecule has 3 heterocycles. The van der Waals surface area contributed by atoms with Crippen LogP contribution in [-0.2, 0) is 15.1 Å². The van der Waals surface area contributed by atoms with E-state index in [0.717, 1.165) is 0 Å². The molecule has 27 heavy (non-hydrogen) atoms. The number of aliphatic hydroxyl groups is 3. The van der Waals surface area contributed by atoms with Crippen molar-refractivity contribution < 1.29 is 24.8 Å². The highest BCUT2D eigenvalue weighted by Gasteiger charge is 2.57. The number of aliphatic hydroxyl groups excluding tert-OH is 3. The standard InChI is InChI=1S/C17H23N5O5/c1-16(2,3)15(25)26-6-10-12(23)13(24)17(7-18,27-10)11-5-4-9-14(19)20-8-21-22(9)11/h4-5,8,10,12-13,15,23-25H,6H2,1-3H3,(H2,19,20,21)/t10-,12-,13-,15?,17+/m1/s1. The highest BCUT2D eigenvalue weighted by atomic mass is 16.6. The predicted octanol–water partition coefficient (Wildman–Crippen LogP) is -0.468. The van der Waals surface area contributed by atoms with Gasteiger partial charge in [-0.3, -0.25) is 0 Å². The molecule has 2 aromatic rings. The molecule has 0 bridgehead atoms. The fourth-order valence-electron chi connectivity index (χ4n) is 2.99. The number of nitrogens with zero attached hydrogens (tertiary/aromatic N) is 4. The minimum Gasteiger partial charge on any atom is -0.387 e. The van der Waals surface area contributed by atoms with Crippen LogP contribution < -0.4 is 5.73 Å². The quantitative estimate of drug-likeness (QED) is 0.517. The van der Waals surface area contributed by atoms with Gasteiger partial charge in [-0.1, -0.05) is 20.8 Å². The molecule has 3 rings (SSSR count). The first kappa shape index (κ1) is 19.5. The molecule has 0 spiro atoms. The molecule has 10 nitrogen and oxygen atoms in total. The monoisotopic (exact) mass is 377 g/mol. The second-order valence-corrected chi connectivity index (χ2v) is 7.65. The molecule has 0 aromatic carbocycles. The molecule has 1 aliphatic rings. The van der Waals surface area contributed by atoms with Crippen LogP contribution in [-0.4, -0.2) is 61.1 Å². The molecule has 1 unspecified atom stereocenters. The average Bonchev–Trinajstić information content (AvgIpc) is 3.15. The third kappa shape index (κ3) is 3.13. The van der Waals surface area contributed by atoms with Gasteiger partial charge in [0.2, 0.25) is 5.60 Å². The minimum atomic E-state index is -1.88. The lowest BCUT2D eigenvalue weighted by Crippen LogP contribution is -2.41. The zero-order valence-electron chi connectivity index (χ0n) is 15.3. The van der Waals surface area contributed by atoms with E-state index in [9.17, 15) is 20.6 Å². The van der Waals surface area contributed by atoms with Crippen molar-refractivity contribution in [3.8, 4) is 6.07 Å². The van der Waals surface area contributed by atoms with Crippen LogP contribution >= 0.6 is 0 Å². The predicted molar refractivity (Wildman–Crippen MR) is 93.0 cm³/mol. The Bertz CT molecular complexity index is 873. The van der Waals surface area contributed by atoms with Crippen molar-refractivity contribution in [1.82, 2.24) is 14.6 Å². The lowest BCUT2D eigenvalue weighted by atomic mass is 9.92. The Morgan fingerprint density at radius 1 is 1.44 bits per heavy atom. The number of aromatic nitrogens is 3. The Kier molecular flexibility index (Phi) is 4.83. The van der Waals surface area contributed by atoms with E-state index in [4.69, 9.17) is 15.2 Å². The number of anilines is 1. The van der Waals surface area contributed by atoms with Crippen molar-refractivity contribution in [1.29, 1.82) is 5.26 Å². The summed E-state index contributed by atoms with van der Waals surface area (Å²) >= 11 is 0. The Labute approximate surface area is 155 Å².